The highest BCUT2D eigenvalue weighted by Gasteiger charge is 2.35. The molecule has 4 nitrogen and oxygen atoms in total. The molecule has 1 aliphatic rings. The van der Waals surface area contributed by atoms with Crippen molar-refractivity contribution in [1.29, 1.82) is 0 Å². The Kier molecular flexibility index (Phi) is 4.31. The van der Waals surface area contributed by atoms with Gasteiger partial charge < -0.3 is 10.4 Å². The lowest BCUT2D eigenvalue weighted by molar-refractivity contribution is -0.137. The Morgan fingerprint density at radius 3 is 2.54 bits per heavy atom. The molecule has 0 saturated heterocycles. The highest BCUT2D eigenvalue weighted by Crippen LogP contribution is 2.35. The van der Waals surface area contributed by atoms with Crippen LogP contribution in [0, 0.1) is 0 Å². The number of benzene rings is 2. The molecule has 0 saturated carbocycles. The Balaban J connectivity index is 2.12. The summed E-state index contributed by atoms with van der Waals surface area (Å²) >= 11 is 0. The first-order valence-corrected chi connectivity index (χ1v) is 7.71. The molecule has 26 heavy (non-hydrogen) atoms. The van der Waals surface area contributed by atoms with Gasteiger partial charge in [0.15, 0.2) is 6.29 Å². The van der Waals surface area contributed by atoms with Gasteiger partial charge in [-0.3, -0.25) is 4.79 Å². The number of nitrogens with one attached hydrogen (secondary N) is 1. The Hall–Kier alpha value is -3.09. The van der Waals surface area contributed by atoms with Gasteiger partial charge in [0.25, 0.3) is 0 Å². The van der Waals surface area contributed by atoms with Crippen molar-refractivity contribution in [3.63, 3.8) is 0 Å². The number of hydrogen-bond acceptors (Lipinski definition) is 2. The minimum absolute atomic E-state index is 0.326. The number of aldehydes is 1. The van der Waals surface area contributed by atoms with Gasteiger partial charge in [0.2, 0.25) is 0 Å². The van der Waals surface area contributed by atoms with Gasteiger partial charge in [-0.2, -0.15) is 13.2 Å². The Labute approximate surface area is 147 Å². The quantitative estimate of drug-likeness (QED) is 0.638. The molecule has 2 N–H and O–H groups in total. The summed E-state index contributed by atoms with van der Waals surface area (Å²) in [6, 6.07) is 9.74. The second kappa shape index (κ2) is 6.33. The zero-order valence-corrected chi connectivity index (χ0v) is 13.4. The molecular formula is C19H14F3NO3. The molecule has 0 unspecified atom stereocenters. The summed E-state index contributed by atoms with van der Waals surface area (Å²) < 4.78 is 38.8. The van der Waals surface area contributed by atoms with Crippen LogP contribution in [-0.4, -0.2) is 17.5 Å². The molecule has 3 rings (SSSR count). The highest BCUT2D eigenvalue weighted by atomic mass is 19.4. The van der Waals surface area contributed by atoms with Gasteiger partial charge in [-0.15, -0.1) is 0 Å². The minimum Gasteiger partial charge on any atom is -0.465 e. The zero-order chi connectivity index (χ0) is 18.9. The molecule has 1 aliphatic carbocycles. The molecule has 0 aliphatic heterocycles. The zero-order valence-electron chi connectivity index (χ0n) is 13.4. The lowest BCUT2D eigenvalue weighted by atomic mass is 9.80. The molecule has 7 heteroatoms. The summed E-state index contributed by atoms with van der Waals surface area (Å²) in [5.74, 6) is 0. The van der Waals surface area contributed by atoms with Gasteiger partial charge in [0, 0.05) is 0 Å². The van der Waals surface area contributed by atoms with Crippen LogP contribution in [0.5, 0.6) is 0 Å². The Morgan fingerprint density at radius 1 is 1.15 bits per heavy atom. The second-order valence-electron chi connectivity index (χ2n) is 5.97. The number of fused-ring (bicyclic) bond motifs is 1. The molecule has 2 aromatic carbocycles. The van der Waals surface area contributed by atoms with Crippen molar-refractivity contribution >= 4 is 12.4 Å². The van der Waals surface area contributed by atoms with Crippen LogP contribution < -0.4 is 5.32 Å². The fourth-order valence-electron chi connectivity index (χ4n) is 3.07. The predicted octanol–water partition coefficient (Wildman–Crippen LogP) is 4.15. The van der Waals surface area contributed by atoms with Gasteiger partial charge in [-0.1, -0.05) is 36.4 Å². The smallest absolute Gasteiger partial charge is 0.416 e. The number of allylic oxidation sites excluding steroid dienone is 1. The van der Waals surface area contributed by atoms with E-state index in [-0.39, 0.29) is 0 Å². The number of hydrogen-bond donors (Lipinski definition) is 2. The van der Waals surface area contributed by atoms with Crippen molar-refractivity contribution in [2.45, 2.75) is 18.1 Å². The monoisotopic (exact) mass is 361 g/mol. The van der Waals surface area contributed by atoms with E-state index in [0.29, 0.717) is 29.4 Å². The lowest BCUT2D eigenvalue weighted by Gasteiger charge is -2.30. The third kappa shape index (κ3) is 3.20. The fraction of sp³-hybridized carbons (Fsp3) is 0.158. The summed E-state index contributed by atoms with van der Waals surface area (Å²) in [5, 5.41) is 11.3. The van der Waals surface area contributed by atoms with E-state index in [0.717, 1.165) is 17.7 Å². The highest BCUT2D eigenvalue weighted by molar-refractivity contribution is 5.82. The van der Waals surface area contributed by atoms with E-state index in [1.807, 2.05) is 0 Å². The van der Waals surface area contributed by atoms with Crippen LogP contribution in [0.4, 0.5) is 18.0 Å². The van der Waals surface area contributed by atoms with Crippen LogP contribution in [0.3, 0.4) is 0 Å². The van der Waals surface area contributed by atoms with Crippen LogP contribution in [-0.2, 0) is 22.9 Å². The average molecular weight is 361 g/mol. The normalized spacial score (nSPS) is 18.9. The second-order valence-corrected chi connectivity index (χ2v) is 5.97. The number of halogens is 3. The van der Waals surface area contributed by atoms with Crippen molar-refractivity contribution in [3.05, 3.63) is 71.3 Å². The van der Waals surface area contributed by atoms with E-state index in [1.54, 1.807) is 24.3 Å². The molecule has 0 radical (unpaired) electrons. The van der Waals surface area contributed by atoms with E-state index in [4.69, 9.17) is 5.11 Å². The van der Waals surface area contributed by atoms with Gasteiger partial charge >= 0.3 is 12.3 Å². The van der Waals surface area contributed by atoms with Gasteiger partial charge in [0.05, 0.1) is 5.56 Å². The summed E-state index contributed by atoms with van der Waals surface area (Å²) in [4.78, 5) is 22.8. The lowest BCUT2D eigenvalue weighted by Crippen LogP contribution is -2.46. The summed E-state index contributed by atoms with van der Waals surface area (Å²) in [7, 11) is 0. The SMILES string of the molecule is O=C[C@]1(NC(=O)O)C=CCc2ccc(-c3cccc(C(F)(F)F)c3)cc21. The van der Waals surface area contributed by atoms with E-state index < -0.39 is 23.4 Å². The molecule has 0 spiro atoms. The first-order chi connectivity index (χ1) is 12.2. The molecule has 134 valence electrons. The van der Waals surface area contributed by atoms with Crippen LogP contribution in [0.1, 0.15) is 16.7 Å². The van der Waals surface area contributed by atoms with Gasteiger partial charge in [0.1, 0.15) is 5.54 Å². The molecule has 0 fully saturated rings. The fourth-order valence-corrected chi connectivity index (χ4v) is 3.07. The first kappa shape index (κ1) is 17.7. The van der Waals surface area contributed by atoms with Crippen molar-refractivity contribution < 1.29 is 27.9 Å². The average Bonchev–Trinajstić information content (AvgIpc) is 2.60. The third-order valence-electron chi connectivity index (χ3n) is 4.30. The standard InChI is InChI=1S/C19H14F3NO3/c20-19(21,22)15-5-1-3-13(9-15)14-7-6-12-4-2-8-18(11-24,16(12)10-14)23-17(25)26/h1-3,5-11,23H,4H2,(H,25,26)/t18-/m1/s1. The molecule has 0 bridgehead atoms. The Bertz CT molecular complexity index is 905. The number of carboxylic acid groups (broad SMARTS) is 1. The number of rotatable bonds is 3. The topological polar surface area (TPSA) is 66.4 Å². The van der Waals surface area contributed by atoms with Gasteiger partial charge in [-0.25, -0.2) is 4.79 Å². The molecular weight excluding hydrogens is 347 g/mol. The van der Waals surface area contributed by atoms with Gasteiger partial charge in [-0.05, 0) is 46.9 Å². The maximum Gasteiger partial charge on any atom is 0.416 e. The molecule has 0 aromatic heterocycles. The number of alkyl halides is 3. The molecule has 0 heterocycles. The van der Waals surface area contributed by atoms with Crippen molar-refractivity contribution in [2.24, 2.45) is 0 Å². The number of carbonyl (C=O) groups excluding carboxylic acids is 1. The molecule has 1 amide bonds. The molecule has 2 aromatic rings. The van der Waals surface area contributed by atoms with Crippen LogP contribution in [0.25, 0.3) is 11.1 Å². The summed E-state index contributed by atoms with van der Waals surface area (Å²) in [6.45, 7) is 0. The van der Waals surface area contributed by atoms with Crippen LogP contribution >= 0.6 is 0 Å². The van der Waals surface area contributed by atoms with E-state index in [1.165, 1.54) is 18.2 Å². The summed E-state index contributed by atoms with van der Waals surface area (Å²) in [6.07, 6.45) is -1.74. The molecule has 1 atom stereocenters. The van der Waals surface area contributed by atoms with Crippen LogP contribution in [0.15, 0.2) is 54.6 Å². The van der Waals surface area contributed by atoms with E-state index >= 15 is 0 Å². The first-order valence-electron chi connectivity index (χ1n) is 7.71. The predicted molar refractivity (Wildman–Crippen MR) is 88.6 cm³/mol. The Morgan fingerprint density at radius 2 is 1.88 bits per heavy atom. The third-order valence-corrected chi connectivity index (χ3v) is 4.30. The van der Waals surface area contributed by atoms with Crippen molar-refractivity contribution in [3.8, 4) is 11.1 Å². The van der Waals surface area contributed by atoms with Crippen LogP contribution in [0.2, 0.25) is 0 Å². The minimum atomic E-state index is -4.47. The van der Waals surface area contributed by atoms with Crippen molar-refractivity contribution in [1.82, 2.24) is 5.32 Å². The number of amides is 1. The van der Waals surface area contributed by atoms with Crippen molar-refractivity contribution in [2.75, 3.05) is 0 Å². The maximum absolute atomic E-state index is 12.9. The maximum atomic E-state index is 12.9. The number of carbonyl (C=O) groups is 2. The summed E-state index contributed by atoms with van der Waals surface area (Å²) in [5.41, 5.74) is -0.415. The van der Waals surface area contributed by atoms with E-state index in [9.17, 15) is 22.8 Å². The largest absolute Gasteiger partial charge is 0.465 e. The van der Waals surface area contributed by atoms with E-state index in [2.05, 4.69) is 5.32 Å².